The largest absolute Gasteiger partial charge is 1.00 e. The summed E-state index contributed by atoms with van der Waals surface area (Å²) in [5.41, 5.74) is 2.46. The number of carbonyl (C=O) groups excluding carboxylic acids is 4. The summed E-state index contributed by atoms with van der Waals surface area (Å²) in [6, 6.07) is 35.9. The van der Waals surface area contributed by atoms with E-state index in [-0.39, 0.29) is 57.6 Å². The Morgan fingerprint density at radius 1 is 0.350 bits per heavy atom. The van der Waals surface area contributed by atoms with Gasteiger partial charge >= 0.3 is 247 Å². The van der Waals surface area contributed by atoms with E-state index in [9.17, 15) is 19.2 Å². The van der Waals surface area contributed by atoms with Crippen LogP contribution in [0.15, 0.2) is 121 Å². The van der Waals surface area contributed by atoms with Gasteiger partial charge in [-0.3, -0.25) is 0 Å². The van der Waals surface area contributed by atoms with Crippen molar-refractivity contribution in [1.29, 1.82) is 0 Å². The minimum Gasteiger partial charge on any atom is -1.00 e. The Labute approximate surface area is 277 Å². The Kier molecular flexibility index (Phi) is 18.1. The molecule has 8 nitrogen and oxygen atoms in total. The Bertz CT molecular complexity index is 1130. The summed E-state index contributed by atoms with van der Waals surface area (Å²) >= 11 is -3.36. The molecule has 0 saturated carbocycles. The van der Waals surface area contributed by atoms with Gasteiger partial charge in [0, 0.05) is 0 Å². The third kappa shape index (κ3) is 12.8. The van der Waals surface area contributed by atoms with Crippen LogP contribution in [0.3, 0.4) is 0 Å². The van der Waals surface area contributed by atoms with Gasteiger partial charge in [-0.15, -0.1) is 0 Å². The number of hydrogen-bond donors (Lipinski definition) is 4. The maximum absolute atomic E-state index is 11.7. The first-order chi connectivity index (χ1) is 18.5. The van der Waals surface area contributed by atoms with E-state index in [0.717, 1.165) is 0 Å². The summed E-state index contributed by atoms with van der Waals surface area (Å²) in [5.74, 6) is -0.510. The molecular weight excluding hydrogens is 973 g/mol. The average Bonchev–Trinajstić information content (AvgIpc) is 2.99. The van der Waals surface area contributed by atoms with Crippen molar-refractivity contribution in [3.8, 4) is 0 Å². The van der Waals surface area contributed by atoms with Gasteiger partial charge in [-0.1, -0.05) is 0 Å². The van der Waals surface area contributed by atoms with Crippen LogP contribution in [0.2, 0.25) is 0 Å². The maximum atomic E-state index is 11.7. The van der Waals surface area contributed by atoms with Gasteiger partial charge in [0.2, 0.25) is 0 Å². The molecule has 4 aromatic carbocycles. The van der Waals surface area contributed by atoms with Crippen LogP contribution >= 0.6 is 0 Å². The number of carbonyl (C=O) groups is 4. The van der Waals surface area contributed by atoms with E-state index in [2.05, 4.69) is 13.2 Å². The van der Waals surface area contributed by atoms with Crippen molar-refractivity contribution >= 4 is 23.6 Å². The number of nitrogens with one attached hydrogen (secondary N) is 4. The van der Waals surface area contributed by atoms with Gasteiger partial charge in [-0.2, -0.15) is 0 Å². The molecular formula is C28H24Br2Hf2N4O4. The first-order valence-corrected chi connectivity index (χ1v) is 18.6. The van der Waals surface area contributed by atoms with Gasteiger partial charge in [0.1, 0.15) is 0 Å². The number of amides is 4. The van der Waals surface area contributed by atoms with Crippen LogP contribution in [-0.4, -0.2) is 23.6 Å². The quantitative estimate of drug-likeness (QED) is 0.147. The second-order valence-corrected chi connectivity index (χ2v) is 12.9. The Morgan fingerprint density at radius 2 is 0.525 bits per heavy atom. The monoisotopic (exact) mass is 998 g/mol. The molecule has 0 aliphatic rings. The maximum Gasteiger partial charge on any atom is -1.00 e. The minimum atomic E-state index is -1.68. The molecule has 0 aromatic heterocycles. The molecule has 0 fully saturated rings. The van der Waals surface area contributed by atoms with Crippen LogP contribution in [0.1, 0.15) is 41.4 Å². The number of rotatable bonds is 8. The zero-order chi connectivity index (χ0) is 27.0. The number of hydrogen-bond acceptors (Lipinski definition) is 4. The van der Waals surface area contributed by atoms with Crippen molar-refractivity contribution < 1.29 is 100 Å². The molecule has 0 spiro atoms. The van der Waals surface area contributed by atoms with E-state index >= 15 is 0 Å². The molecule has 4 N–H and O–H groups in total. The Hall–Kier alpha value is -2.54. The van der Waals surface area contributed by atoms with E-state index in [0.29, 0.717) is 22.3 Å². The van der Waals surface area contributed by atoms with E-state index in [1.807, 2.05) is 72.8 Å². The van der Waals surface area contributed by atoms with Crippen molar-refractivity contribution in [3.05, 3.63) is 144 Å². The average molecular weight is 997 g/mol. The number of halogens is 2. The second-order valence-electron chi connectivity index (χ2n) is 7.53. The molecule has 0 unspecified atom stereocenters. The smallest absolute Gasteiger partial charge is 1.00 e. The minimum absolute atomic E-state index is 0. The molecule has 40 heavy (non-hydrogen) atoms. The van der Waals surface area contributed by atoms with Crippen LogP contribution in [-0.2, 0) is 47.0 Å². The molecule has 0 aliphatic carbocycles. The molecule has 0 radical (unpaired) electrons. The SMILES string of the molecule is O=C([NH][Hf+][NH]C(=O)c1ccccc1)c1ccccc1.O=C([NH][Hf+][NH]C(=O)c1ccccc1)c1ccccc1.[Br-].[Br-]. The van der Waals surface area contributed by atoms with Crippen molar-refractivity contribution in [3.63, 3.8) is 0 Å². The molecule has 4 rings (SSSR count). The van der Waals surface area contributed by atoms with E-state index < -0.39 is 47.0 Å². The van der Waals surface area contributed by atoms with E-state index in [1.54, 1.807) is 48.5 Å². The van der Waals surface area contributed by atoms with Gasteiger partial charge in [-0.25, -0.2) is 0 Å². The second kappa shape index (κ2) is 20.4. The fourth-order valence-corrected chi connectivity index (χ4v) is 7.09. The predicted molar refractivity (Wildman–Crippen MR) is 136 cm³/mol. The van der Waals surface area contributed by atoms with Crippen LogP contribution in [0, 0.1) is 0 Å². The first kappa shape index (κ1) is 35.5. The third-order valence-electron chi connectivity index (χ3n) is 4.85. The molecule has 0 atom stereocenters. The summed E-state index contributed by atoms with van der Waals surface area (Å²) in [6.45, 7) is 0. The standard InChI is InChI=1S/4C7H7NO.2BrH.2Hf/c4*8-7(9)6-4-2-1-3-5-6;;;;/h4*1-5H,(H2,8,9);2*1H;;/q;;;;;;2*+3/p-6. The van der Waals surface area contributed by atoms with Gasteiger partial charge in [0.05, 0.1) is 0 Å². The van der Waals surface area contributed by atoms with Crippen molar-refractivity contribution in [2.24, 2.45) is 0 Å². The molecule has 202 valence electrons. The number of benzene rings is 4. The molecule has 12 heteroatoms. The summed E-state index contributed by atoms with van der Waals surface area (Å²) in [6.07, 6.45) is 0. The summed E-state index contributed by atoms with van der Waals surface area (Å²) < 4.78 is 11.3. The Balaban J connectivity index is 0.000000381. The molecule has 4 aromatic rings. The zero-order valence-corrected chi connectivity index (χ0v) is 31.3. The van der Waals surface area contributed by atoms with Crippen LogP contribution < -0.4 is 47.2 Å². The van der Waals surface area contributed by atoms with Crippen LogP contribution in [0.4, 0.5) is 0 Å². The van der Waals surface area contributed by atoms with Gasteiger partial charge in [-0.05, 0) is 0 Å². The predicted octanol–water partition coefficient (Wildman–Crippen LogP) is -2.47. The van der Waals surface area contributed by atoms with Crippen LogP contribution in [0.5, 0.6) is 0 Å². The van der Waals surface area contributed by atoms with E-state index in [4.69, 9.17) is 0 Å². The summed E-state index contributed by atoms with van der Waals surface area (Å²) in [4.78, 5) is 47.0. The summed E-state index contributed by atoms with van der Waals surface area (Å²) in [5, 5.41) is 0. The van der Waals surface area contributed by atoms with Crippen LogP contribution in [0.25, 0.3) is 0 Å². The fourth-order valence-electron chi connectivity index (χ4n) is 2.94. The fraction of sp³-hybridized carbons (Fsp3) is 0. The molecule has 0 bridgehead atoms. The third-order valence-corrected chi connectivity index (χ3v) is 9.91. The molecule has 4 amide bonds. The molecule has 0 heterocycles. The topological polar surface area (TPSA) is 116 Å². The van der Waals surface area contributed by atoms with Crippen molar-refractivity contribution in [2.75, 3.05) is 0 Å². The van der Waals surface area contributed by atoms with Crippen molar-refractivity contribution in [2.45, 2.75) is 0 Å². The van der Waals surface area contributed by atoms with Gasteiger partial charge in [0.15, 0.2) is 0 Å². The zero-order valence-electron chi connectivity index (χ0n) is 20.9. The molecule has 0 saturated heterocycles. The summed E-state index contributed by atoms with van der Waals surface area (Å²) in [7, 11) is 0. The van der Waals surface area contributed by atoms with Gasteiger partial charge in [0.25, 0.3) is 0 Å². The Morgan fingerprint density at radius 3 is 0.700 bits per heavy atom. The normalized spacial score (nSPS) is 8.80. The van der Waals surface area contributed by atoms with Crippen molar-refractivity contribution in [1.82, 2.24) is 13.2 Å². The molecule has 0 aliphatic heterocycles. The van der Waals surface area contributed by atoms with Gasteiger partial charge < -0.3 is 34.0 Å². The first-order valence-electron chi connectivity index (χ1n) is 11.5. The van der Waals surface area contributed by atoms with E-state index in [1.165, 1.54) is 0 Å².